The molecule has 1 saturated carbocycles. The second-order valence-electron chi connectivity index (χ2n) is 3.39. The molecule has 1 aliphatic rings. The third kappa shape index (κ3) is 0.877. The molecular weight excluding hydrogens is 110 g/mol. The van der Waals surface area contributed by atoms with E-state index in [1.807, 2.05) is 0 Å². The van der Waals surface area contributed by atoms with Gasteiger partial charge in [-0.05, 0) is 24.8 Å². The molecule has 1 rings (SSSR count). The fourth-order valence-electron chi connectivity index (χ4n) is 1.99. The van der Waals surface area contributed by atoms with Gasteiger partial charge in [-0.3, -0.25) is 0 Å². The van der Waals surface area contributed by atoms with E-state index in [9.17, 15) is 0 Å². The summed E-state index contributed by atoms with van der Waals surface area (Å²) in [5.74, 6) is 2.68. The Morgan fingerprint density at radius 3 is 1.56 bits per heavy atom. The third-order valence-electron chi connectivity index (χ3n) is 3.12. The van der Waals surface area contributed by atoms with Gasteiger partial charge in [-0.2, -0.15) is 0 Å². The van der Waals surface area contributed by atoms with Gasteiger partial charge >= 0.3 is 0 Å². The zero-order valence-electron chi connectivity index (χ0n) is 6.81. The van der Waals surface area contributed by atoms with Gasteiger partial charge in [0, 0.05) is 6.04 Å². The van der Waals surface area contributed by atoms with Crippen LogP contribution in [0.3, 0.4) is 0 Å². The Morgan fingerprint density at radius 1 is 0.889 bits per heavy atom. The maximum atomic E-state index is 3.33. The number of rotatable bonds is 1. The second-order valence-corrected chi connectivity index (χ2v) is 3.39. The van der Waals surface area contributed by atoms with Gasteiger partial charge < -0.3 is 5.32 Å². The smallest absolute Gasteiger partial charge is 0.0121 e. The Kier molecular flexibility index (Phi) is 1.80. The fraction of sp³-hybridized carbons (Fsp3) is 1.00. The maximum Gasteiger partial charge on any atom is 0.0121 e. The molecule has 0 bridgehead atoms. The lowest BCUT2D eigenvalue weighted by Gasteiger charge is -2.47. The van der Waals surface area contributed by atoms with Crippen LogP contribution in [0.25, 0.3) is 0 Å². The van der Waals surface area contributed by atoms with Crippen LogP contribution in [0.5, 0.6) is 0 Å². The van der Waals surface area contributed by atoms with Crippen LogP contribution in [-0.4, -0.2) is 13.1 Å². The van der Waals surface area contributed by atoms with Gasteiger partial charge in [-0.25, -0.2) is 0 Å². The van der Waals surface area contributed by atoms with Crippen molar-refractivity contribution in [3.8, 4) is 0 Å². The van der Waals surface area contributed by atoms with E-state index in [-0.39, 0.29) is 0 Å². The van der Waals surface area contributed by atoms with Gasteiger partial charge in [-0.15, -0.1) is 0 Å². The van der Waals surface area contributed by atoms with Crippen molar-refractivity contribution < 1.29 is 0 Å². The molecule has 0 amide bonds. The van der Waals surface area contributed by atoms with Crippen LogP contribution >= 0.6 is 0 Å². The summed E-state index contributed by atoms with van der Waals surface area (Å²) in [7, 11) is 2.06. The molecule has 2 atom stereocenters. The molecule has 0 heterocycles. The van der Waals surface area contributed by atoms with E-state index >= 15 is 0 Å². The van der Waals surface area contributed by atoms with Crippen molar-refractivity contribution in [3.63, 3.8) is 0 Å². The third-order valence-corrected chi connectivity index (χ3v) is 3.12. The van der Waals surface area contributed by atoms with Crippen molar-refractivity contribution in [2.24, 2.45) is 17.8 Å². The van der Waals surface area contributed by atoms with E-state index in [1.54, 1.807) is 0 Å². The second kappa shape index (κ2) is 2.30. The summed E-state index contributed by atoms with van der Waals surface area (Å²) >= 11 is 0. The van der Waals surface area contributed by atoms with E-state index in [0.29, 0.717) is 0 Å². The summed E-state index contributed by atoms with van der Waals surface area (Å²) in [6, 6.07) is 0.778. The first-order valence-electron chi connectivity index (χ1n) is 3.85. The van der Waals surface area contributed by atoms with E-state index in [0.717, 1.165) is 23.8 Å². The molecule has 2 unspecified atom stereocenters. The fourth-order valence-corrected chi connectivity index (χ4v) is 1.99. The first-order chi connectivity index (χ1) is 4.18. The molecule has 1 fully saturated rings. The average molecular weight is 127 g/mol. The molecule has 0 aromatic carbocycles. The average Bonchev–Trinajstić information content (AvgIpc) is 1.89. The first-order valence-corrected chi connectivity index (χ1v) is 3.85. The Labute approximate surface area is 57.8 Å². The van der Waals surface area contributed by atoms with Crippen molar-refractivity contribution in [2.75, 3.05) is 7.05 Å². The lowest BCUT2D eigenvalue weighted by molar-refractivity contribution is 0.0578. The predicted octanol–water partition coefficient (Wildman–Crippen LogP) is 1.50. The molecule has 54 valence electrons. The monoisotopic (exact) mass is 127 g/mol. The van der Waals surface area contributed by atoms with Crippen LogP contribution in [0.15, 0.2) is 0 Å². The van der Waals surface area contributed by atoms with E-state index in [1.165, 1.54) is 0 Å². The van der Waals surface area contributed by atoms with Gasteiger partial charge in [0.1, 0.15) is 0 Å². The zero-order chi connectivity index (χ0) is 7.02. The van der Waals surface area contributed by atoms with Crippen LogP contribution < -0.4 is 5.32 Å². The normalized spacial score (nSPS) is 50.7. The highest BCUT2D eigenvalue weighted by Crippen LogP contribution is 2.39. The molecular formula is C8H17N. The number of hydrogen-bond acceptors (Lipinski definition) is 1. The lowest BCUT2D eigenvalue weighted by Crippen LogP contribution is -2.53. The highest BCUT2D eigenvalue weighted by Gasteiger charge is 2.40. The van der Waals surface area contributed by atoms with Gasteiger partial charge in [0.25, 0.3) is 0 Å². The van der Waals surface area contributed by atoms with Gasteiger partial charge in [-0.1, -0.05) is 20.8 Å². The quantitative estimate of drug-likeness (QED) is 0.563. The Morgan fingerprint density at radius 2 is 1.33 bits per heavy atom. The van der Waals surface area contributed by atoms with E-state index in [4.69, 9.17) is 0 Å². The minimum atomic E-state index is 0.778. The van der Waals surface area contributed by atoms with Gasteiger partial charge in [0.2, 0.25) is 0 Å². The molecule has 0 radical (unpaired) electrons. The molecule has 0 saturated heterocycles. The molecule has 1 heteroatoms. The Bertz CT molecular complexity index is 90.7. The van der Waals surface area contributed by atoms with Crippen LogP contribution in [0.2, 0.25) is 0 Å². The van der Waals surface area contributed by atoms with Crippen molar-refractivity contribution in [1.82, 2.24) is 5.32 Å². The SMILES string of the molecule is CNC1C(C)C(C)C1C. The van der Waals surface area contributed by atoms with Crippen molar-refractivity contribution in [2.45, 2.75) is 26.8 Å². The maximum absolute atomic E-state index is 3.33. The molecule has 1 N–H and O–H groups in total. The highest BCUT2D eigenvalue weighted by molar-refractivity contribution is 4.94. The minimum Gasteiger partial charge on any atom is -0.316 e. The predicted molar refractivity (Wildman–Crippen MR) is 40.3 cm³/mol. The summed E-state index contributed by atoms with van der Waals surface area (Å²) in [5.41, 5.74) is 0. The largest absolute Gasteiger partial charge is 0.316 e. The summed E-state index contributed by atoms with van der Waals surface area (Å²) < 4.78 is 0. The van der Waals surface area contributed by atoms with Crippen LogP contribution in [-0.2, 0) is 0 Å². The van der Waals surface area contributed by atoms with Crippen molar-refractivity contribution in [1.29, 1.82) is 0 Å². The zero-order valence-corrected chi connectivity index (χ0v) is 6.81. The van der Waals surface area contributed by atoms with Crippen LogP contribution in [0, 0.1) is 17.8 Å². The van der Waals surface area contributed by atoms with E-state index < -0.39 is 0 Å². The Hall–Kier alpha value is -0.0400. The van der Waals surface area contributed by atoms with Crippen LogP contribution in [0.1, 0.15) is 20.8 Å². The molecule has 0 aromatic heterocycles. The van der Waals surface area contributed by atoms with Gasteiger partial charge in [0.05, 0.1) is 0 Å². The summed E-state index contributed by atoms with van der Waals surface area (Å²) in [4.78, 5) is 0. The summed E-state index contributed by atoms with van der Waals surface area (Å²) in [6.07, 6.45) is 0. The summed E-state index contributed by atoms with van der Waals surface area (Å²) in [6.45, 7) is 6.99. The van der Waals surface area contributed by atoms with Crippen molar-refractivity contribution in [3.05, 3.63) is 0 Å². The lowest BCUT2D eigenvalue weighted by atomic mass is 9.63. The van der Waals surface area contributed by atoms with Gasteiger partial charge in [0.15, 0.2) is 0 Å². The molecule has 0 aliphatic heterocycles. The number of nitrogens with one attached hydrogen (secondary N) is 1. The minimum absolute atomic E-state index is 0.778. The molecule has 1 nitrogen and oxygen atoms in total. The molecule has 1 aliphatic carbocycles. The summed E-state index contributed by atoms with van der Waals surface area (Å²) in [5, 5.41) is 3.33. The molecule has 0 spiro atoms. The molecule has 9 heavy (non-hydrogen) atoms. The molecule has 0 aromatic rings. The van der Waals surface area contributed by atoms with Crippen LogP contribution in [0.4, 0.5) is 0 Å². The van der Waals surface area contributed by atoms with E-state index in [2.05, 4.69) is 33.1 Å². The Balaban J connectivity index is 2.41. The first kappa shape index (κ1) is 7.07. The van der Waals surface area contributed by atoms with Crippen molar-refractivity contribution >= 4 is 0 Å². The number of hydrogen-bond donors (Lipinski definition) is 1. The topological polar surface area (TPSA) is 12.0 Å². The standard InChI is InChI=1S/C8H17N/c1-5-6(2)8(9-4)7(5)3/h5-9H,1-4H3. The highest BCUT2D eigenvalue weighted by atomic mass is 14.9.